The predicted molar refractivity (Wildman–Crippen MR) is 125 cm³/mol. The minimum Gasteiger partial charge on any atom is -0.325 e. The lowest BCUT2D eigenvalue weighted by Crippen LogP contribution is -2.48. The van der Waals surface area contributed by atoms with Gasteiger partial charge in [-0.05, 0) is 54.7 Å². The lowest BCUT2D eigenvalue weighted by Gasteiger charge is -2.41. The highest BCUT2D eigenvalue weighted by molar-refractivity contribution is 7.89. The highest BCUT2D eigenvalue weighted by Gasteiger charge is 2.46. The van der Waals surface area contributed by atoms with E-state index in [0.29, 0.717) is 42.9 Å². The topological polar surface area (TPSA) is 66.5 Å². The summed E-state index contributed by atoms with van der Waals surface area (Å²) in [5.41, 5.74) is 2.88. The van der Waals surface area contributed by atoms with E-state index in [1.165, 1.54) is 0 Å². The number of hydrogen-bond donors (Lipinski definition) is 1. The van der Waals surface area contributed by atoms with Gasteiger partial charge in [0.1, 0.15) is 0 Å². The first-order chi connectivity index (χ1) is 14.8. The van der Waals surface area contributed by atoms with Crippen LogP contribution in [0.15, 0.2) is 48.2 Å². The Morgan fingerprint density at radius 3 is 2.52 bits per heavy atom. The highest BCUT2D eigenvalue weighted by atomic mass is 35.5. The average Bonchev–Trinajstić information content (AvgIpc) is 3.01. The Labute approximate surface area is 193 Å². The lowest BCUT2D eigenvalue weighted by atomic mass is 9.73. The van der Waals surface area contributed by atoms with Gasteiger partial charge in [-0.1, -0.05) is 54.4 Å². The standard InChI is InChI=1S/C23H24Cl2N2O3S/c1-2-13-31(29,30)27-11-9-23(10-12-27)19-6-4-3-5-16(19)14-21(23)26-22(28)18-8-7-17(24)15-20(18)25/h3-8,14-15H,2,9-13H2,1H3,(H,26,28). The van der Waals surface area contributed by atoms with Crippen LogP contribution in [0.2, 0.25) is 10.0 Å². The fourth-order valence-electron chi connectivity index (χ4n) is 4.59. The summed E-state index contributed by atoms with van der Waals surface area (Å²) in [5, 5.41) is 3.82. The molecule has 8 heteroatoms. The quantitative estimate of drug-likeness (QED) is 0.667. The number of benzene rings is 2. The van der Waals surface area contributed by atoms with Crippen LogP contribution in [0.5, 0.6) is 0 Å². The van der Waals surface area contributed by atoms with Crippen LogP contribution >= 0.6 is 23.2 Å². The van der Waals surface area contributed by atoms with Gasteiger partial charge in [0.05, 0.1) is 16.3 Å². The molecule has 4 rings (SSSR count). The molecule has 2 aromatic rings. The maximum Gasteiger partial charge on any atom is 0.256 e. The van der Waals surface area contributed by atoms with Crippen LogP contribution < -0.4 is 5.32 Å². The molecule has 1 saturated heterocycles. The maximum absolute atomic E-state index is 13.0. The van der Waals surface area contributed by atoms with Crippen molar-refractivity contribution in [2.45, 2.75) is 31.6 Å². The molecule has 5 nitrogen and oxygen atoms in total. The monoisotopic (exact) mass is 478 g/mol. The molecular weight excluding hydrogens is 455 g/mol. The Morgan fingerprint density at radius 2 is 1.84 bits per heavy atom. The van der Waals surface area contributed by atoms with E-state index in [4.69, 9.17) is 23.2 Å². The Bertz CT molecular complexity index is 1150. The summed E-state index contributed by atoms with van der Waals surface area (Å²) < 4.78 is 26.7. The number of allylic oxidation sites excluding steroid dienone is 1. The number of halogens is 2. The summed E-state index contributed by atoms with van der Waals surface area (Å²) in [5.74, 6) is -0.147. The van der Waals surface area contributed by atoms with Gasteiger partial charge in [0.2, 0.25) is 10.0 Å². The van der Waals surface area contributed by atoms with Crippen molar-refractivity contribution in [3.8, 4) is 0 Å². The number of rotatable bonds is 5. The zero-order valence-electron chi connectivity index (χ0n) is 17.2. The van der Waals surface area contributed by atoms with E-state index >= 15 is 0 Å². The molecule has 2 aromatic carbocycles. The summed E-state index contributed by atoms with van der Waals surface area (Å²) in [4.78, 5) is 13.0. The van der Waals surface area contributed by atoms with Gasteiger partial charge in [-0.2, -0.15) is 0 Å². The first kappa shape index (κ1) is 22.3. The van der Waals surface area contributed by atoms with Crippen molar-refractivity contribution in [3.63, 3.8) is 0 Å². The SMILES string of the molecule is CCCS(=O)(=O)N1CCC2(CC1)C(NC(=O)c1ccc(Cl)cc1Cl)=Cc1ccccc12. The van der Waals surface area contributed by atoms with E-state index in [2.05, 4.69) is 11.4 Å². The number of fused-ring (bicyclic) bond motifs is 2. The van der Waals surface area contributed by atoms with Gasteiger partial charge in [0, 0.05) is 29.2 Å². The van der Waals surface area contributed by atoms with Crippen molar-refractivity contribution >= 4 is 45.2 Å². The van der Waals surface area contributed by atoms with Crippen LogP contribution in [-0.2, 0) is 15.4 Å². The molecule has 1 heterocycles. The molecular formula is C23H24Cl2N2O3S. The zero-order chi connectivity index (χ0) is 22.2. The third-order valence-electron chi connectivity index (χ3n) is 6.15. The van der Waals surface area contributed by atoms with E-state index in [-0.39, 0.29) is 16.7 Å². The molecule has 0 atom stereocenters. The Balaban J connectivity index is 1.63. The zero-order valence-corrected chi connectivity index (χ0v) is 19.5. The number of hydrogen-bond acceptors (Lipinski definition) is 3. The summed E-state index contributed by atoms with van der Waals surface area (Å²) in [6.07, 6.45) is 3.80. The van der Waals surface area contributed by atoms with E-state index in [0.717, 1.165) is 16.8 Å². The van der Waals surface area contributed by atoms with Crippen molar-refractivity contribution in [2.75, 3.05) is 18.8 Å². The van der Waals surface area contributed by atoms with Crippen LogP contribution in [0, 0.1) is 0 Å². The Hall–Kier alpha value is -1.86. The molecule has 1 spiro atoms. The molecule has 1 fully saturated rings. The number of carbonyl (C=O) groups is 1. The fraction of sp³-hybridized carbons (Fsp3) is 0.348. The number of nitrogens with one attached hydrogen (secondary N) is 1. The minimum absolute atomic E-state index is 0.158. The van der Waals surface area contributed by atoms with Crippen LogP contribution in [-0.4, -0.2) is 37.5 Å². The molecule has 0 aromatic heterocycles. The number of carbonyl (C=O) groups excluding carboxylic acids is 1. The molecule has 0 unspecified atom stereocenters. The van der Waals surface area contributed by atoms with E-state index in [1.54, 1.807) is 22.5 Å². The van der Waals surface area contributed by atoms with Gasteiger partial charge in [0.15, 0.2) is 0 Å². The first-order valence-corrected chi connectivity index (χ1v) is 12.7. The number of amides is 1. The summed E-state index contributed by atoms with van der Waals surface area (Å²) >= 11 is 12.2. The van der Waals surface area contributed by atoms with Crippen molar-refractivity contribution in [2.24, 2.45) is 0 Å². The van der Waals surface area contributed by atoms with Gasteiger partial charge in [-0.15, -0.1) is 0 Å². The summed E-state index contributed by atoms with van der Waals surface area (Å²) in [7, 11) is -3.25. The predicted octanol–water partition coefficient (Wildman–Crippen LogP) is 4.85. The van der Waals surface area contributed by atoms with Crippen molar-refractivity contribution in [1.82, 2.24) is 9.62 Å². The smallest absolute Gasteiger partial charge is 0.256 e. The summed E-state index contributed by atoms with van der Waals surface area (Å²) in [6.45, 7) is 2.71. The fourth-order valence-corrected chi connectivity index (χ4v) is 6.60. The van der Waals surface area contributed by atoms with Crippen molar-refractivity contribution in [1.29, 1.82) is 0 Å². The van der Waals surface area contributed by atoms with Crippen LogP contribution in [0.3, 0.4) is 0 Å². The number of sulfonamides is 1. The molecule has 0 bridgehead atoms. The van der Waals surface area contributed by atoms with Gasteiger partial charge in [-0.25, -0.2) is 12.7 Å². The molecule has 1 aliphatic heterocycles. The van der Waals surface area contributed by atoms with E-state index < -0.39 is 15.4 Å². The van der Waals surface area contributed by atoms with Crippen LogP contribution in [0.1, 0.15) is 47.7 Å². The van der Waals surface area contributed by atoms with Crippen LogP contribution in [0.4, 0.5) is 0 Å². The lowest BCUT2D eigenvalue weighted by molar-refractivity contribution is 0.0956. The first-order valence-electron chi connectivity index (χ1n) is 10.3. The average molecular weight is 479 g/mol. The van der Waals surface area contributed by atoms with Crippen LogP contribution in [0.25, 0.3) is 6.08 Å². The molecule has 1 aliphatic carbocycles. The van der Waals surface area contributed by atoms with E-state index in [1.807, 2.05) is 31.2 Å². The van der Waals surface area contributed by atoms with Gasteiger partial charge in [-0.3, -0.25) is 4.79 Å². The molecule has 0 saturated carbocycles. The maximum atomic E-state index is 13.0. The van der Waals surface area contributed by atoms with Crippen molar-refractivity contribution in [3.05, 3.63) is 74.9 Å². The minimum atomic E-state index is -3.25. The normalized spacial score (nSPS) is 18.0. The number of piperidine rings is 1. The molecule has 1 N–H and O–H groups in total. The molecule has 2 aliphatic rings. The third-order valence-corrected chi connectivity index (χ3v) is 8.77. The van der Waals surface area contributed by atoms with E-state index in [9.17, 15) is 13.2 Å². The molecule has 31 heavy (non-hydrogen) atoms. The second kappa shape index (κ2) is 8.58. The Kier molecular flexibility index (Phi) is 6.19. The van der Waals surface area contributed by atoms with Crippen molar-refractivity contribution < 1.29 is 13.2 Å². The number of nitrogens with zero attached hydrogens (tertiary/aromatic N) is 1. The summed E-state index contributed by atoms with van der Waals surface area (Å²) in [6, 6.07) is 12.8. The second-order valence-electron chi connectivity index (χ2n) is 8.02. The molecule has 1 amide bonds. The molecule has 0 radical (unpaired) electrons. The van der Waals surface area contributed by atoms with Gasteiger partial charge in [0.25, 0.3) is 5.91 Å². The third kappa shape index (κ3) is 4.14. The molecule has 164 valence electrons. The van der Waals surface area contributed by atoms with Gasteiger partial charge >= 0.3 is 0 Å². The largest absolute Gasteiger partial charge is 0.325 e. The van der Waals surface area contributed by atoms with Gasteiger partial charge < -0.3 is 5.32 Å². The highest BCUT2D eigenvalue weighted by Crippen LogP contribution is 2.48. The Morgan fingerprint density at radius 1 is 1.13 bits per heavy atom. The second-order valence-corrected chi connectivity index (χ2v) is 11.0.